The highest BCUT2D eigenvalue weighted by Gasteiger charge is 2.22. The Morgan fingerprint density at radius 3 is 2.59 bits per heavy atom. The van der Waals surface area contributed by atoms with Crippen LogP contribution in [0.1, 0.15) is 42.6 Å². The highest BCUT2D eigenvalue weighted by Crippen LogP contribution is 2.22. The summed E-state index contributed by atoms with van der Waals surface area (Å²) < 4.78 is 1.26. The van der Waals surface area contributed by atoms with E-state index in [4.69, 9.17) is 5.11 Å². The quantitative estimate of drug-likeness (QED) is 0.807. The van der Waals surface area contributed by atoms with E-state index in [9.17, 15) is 4.79 Å². The molecular formula is C11H14N4O2. The molecular weight excluding hydrogens is 220 g/mol. The van der Waals surface area contributed by atoms with E-state index in [0.29, 0.717) is 17.0 Å². The second-order valence-corrected chi connectivity index (χ2v) is 4.99. The predicted molar refractivity (Wildman–Crippen MR) is 61.2 cm³/mol. The van der Waals surface area contributed by atoms with Crippen LogP contribution in [0.2, 0.25) is 0 Å². The lowest BCUT2D eigenvalue weighted by atomic mass is 9.91. The lowest BCUT2D eigenvalue weighted by Crippen LogP contribution is -2.18. The van der Waals surface area contributed by atoms with Crippen molar-refractivity contribution in [2.45, 2.75) is 33.1 Å². The molecule has 17 heavy (non-hydrogen) atoms. The molecule has 0 spiro atoms. The van der Waals surface area contributed by atoms with Crippen molar-refractivity contribution < 1.29 is 9.90 Å². The van der Waals surface area contributed by atoms with Gasteiger partial charge in [0.25, 0.3) is 0 Å². The summed E-state index contributed by atoms with van der Waals surface area (Å²) in [4.78, 5) is 15.6. The fourth-order valence-corrected chi connectivity index (χ4v) is 1.52. The number of aromatic carboxylic acids is 1. The van der Waals surface area contributed by atoms with Gasteiger partial charge in [0, 0.05) is 5.41 Å². The first-order valence-electron chi connectivity index (χ1n) is 5.27. The topological polar surface area (TPSA) is 80.4 Å². The molecule has 90 valence electrons. The van der Waals surface area contributed by atoms with Gasteiger partial charge in [-0.2, -0.15) is 4.52 Å². The van der Waals surface area contributed by atoms with Crippen molar-refractivity contribution in [1.82, 2.24) is 19.8 Å². The third-order valence-corrected chi connectivity index (χ3v) is 2.52. The van der Waals surface area contributed by atoms with Crippen molar-refractivity contribution in [3.05, 3.63) is 23.1 Å². The van der Waals surface area contributed by atoms with Crippen molar-refractivity contribution in [1.29, 1.82) is 0 Å². The SMILES string of the molecule is Cc1nnn2c(C(=O)O)cc(C(C)(C)C)nc12. The summed E-state index contributed by atoms with van der Waals surface area (Å²) in [6, 6.07) is 1.55. The number of carboxylic acids is 1. The Morgan fingerprint density at radius 2 is 2.06 bits per heavy atom. The van der Waals surface area contributed by atoms with E-state index in [1.807, 2.05) is 20.8 Å². The largest absolute Gasteiger partial charge is 0.477 e. The van der Waals surface area contributed by atoms with Gasteiger partial charge >= 0.3 is 5.97 Å². The fraction of sp³-hybridized carbons (Fsp3) is 0.455. The smallest absolute Gasteiger partial charge is 0.354 e. The number of fused-ring (bicyclic) bond motifs is 1. The minimum absolute atomic E-state index is 0.0838. The average Bonchev–Trinajstić information content (AvgIpc) is 2.58. The number of hydrogen-bond donors (Lipinski definition) is 1. The number of carboxylic acid groups (broad SMARTS) is 1. The van der Waals surface area contributed by atoms with Crippen LogP contribution in [0.3, 0.4) is 0 Å². The maximum atomic E-state index is 11.2. The molecule has 0 bridgehead atoms. The van der Waals surface area contributed by atoms with Crippen molar-refractivity contribution in [3.63, 3.8) is 0 Å². The summed E-state index contributed by atoms with van der Waals surface area (Å²) in [5, 5.41) is 16.8. The van der Waals surface area contributed by atoms with Gasteiger partial charge in [0.05, 0.1) is 5.69 Å². The minimum Gasteiger partial charge on any atom is -0.477 e. The summed E-state index contributed by atoms with van der Waals surface area (Å²) in [6.45, 7) is 7.71. The van der Waals surface area contributed by atoms with Crippen molar-refractivity contribution >= 4 is 11.6 Å². The first-order valence-corrected chi connectivity index (χ1v) is 5.27. The molecule has 0 fully saturated rings. The number of rotatable bonds is 1. The van der Waals surface area contributed by atoms with E-state index >= 15 is 0 Å². The third-order valence-electron chi connectivity index (χ3n) is 2.52. The molecule has 0 aromatic carbocycles. The molecule has 1 N–H and O–H groups in total. The van der Waals surface area contributed by atoms with Crippen LogP contribution < -0.4 is 0 Å². The normalized spacial score (nSPS) is 12.0. The zero-order valence-electron chi connectivity index (χ0n) is 10.2. The van der Waals surface area contributed by atoms with Crippen LogP contribution in [0.15, 0.2) is 6.07 Å². The number of aromatic nitrogens is 4. The van der Waals surface area contributed by atoms with E-state index in [1.165, 1.54) is 4.52 Å². The number of carbonyl (C=O) groups is 1. The van der Waals surface area contributed by atoms with Crippen LogP contribution in [0.25, 0.3) is 5.65 Å². The van der Waals surface area contributed by atoms with Gasteiger partial charge in [0.1, 0.15) is 5.69 Å². The molecule has 0 radical (unpaired) electrons. The summed E-state index contributed by atoms with van der Waals surface area (Å²) in [5.74, 6) is -1.03. The van der Waals surface area contributed by atoms with E-state index in [2.05, 4.69) is 15.3 Å². The van der Waals surface area contributed by atoms with E-state index < -0.39 is 5.97 Å². The van der Waals surface area contributed by atoms with Gasteiger partial charge < -0.3 is 5.11 Å². The Hall–Kier alpha value is -1.98. The van der Waals surface area contributed by atoms with Crippen LogP contribution in [-0.4, -0.2) is 30.9 Å². The molecule has 2 rings (SSSR count). The van der Waals surface area contributed by atoms with Crippen LogP contribution in [0.4, 0.5) is 0 Å². The Bertz CT molecular complexity index is 595. The Kier molecular flexibility index (Phi) is 2.38. The third kappa shape index (κ3) is 1.86. The molecule has 2 aromatic rings. The lowest BCUT2D eigenvalue weighted by Gasteiger charge is -2.18. The zero-order chi connectivity index (χ0) is 12.8. The molecule has 0 saturated carbocycles. The van der Waals surface area contributed by atoms with Gasteiger partial charge in [-0.25, -0.2) is 9.78 Å². The summed E-state index contributed by atoms with van der Waals surface area (Å²) in [7, 11) is 0. The Balaban J connectivity index is 2.83. The zero-order valence-corrected chi connectivity index (χ0v) is 10.2. The molecule has 2 heterocycles. The molecule has 2 aromatic heterocycles. The van der Waals surface area contributed by atoms with Crippen molar-refractivity contribution in [3.8, 4) is 0 Å². The van der Waals surface area contributed by atoms with Crippen LogP contribution in [0.5, 0.6) is 0 Å². The summed E-state index contributed by atoms with van der Waals surface area (Å²) >= 11 is 0. The molecule has 0 unspecified atom stereocenters. The van der Waals surface area contributed by atoms with Crippen molar-refractivity contribution in [2.75, 3.05) is 0 Å². The second kappa shape index (κ2) is 3.51. The molecule has 0 aliphatic rings. The van der Waals surface area contributed by atoms with Crippen LogP contribution in [0, 0.1) is 6.92 Å². The number of nitrogens with zero attached hydrogens (tertiary/aromatic N) is 4. The lowest BCUT2D eigenvalue weighted by molar-refractivity contribution is 0.0686. The van der Waals surface area contributed by atoms with E-state index in [0.717, 1.165) is 0 Å². The molecule has 0 aliphatic carbocycles. The van der Waals surface area contributed by atoms with E-state index in [1.54, 1.807) is 13.0 Å². The van der Waals surface area contributed by atoms with Gasteiger partial charge in [-0.3, -0.25) is 0 Å². The van der Waals surface area contributed by atoms with Crippen LogP contribution in [-0.2, 0) is 5.41 Å². The molecule has 0 aliphatic heterocycles. The fourth-order valence-electron chi connectivity index (χ4n) is 1.52. The molecule has 6 nitrogen and oxygen atoms in total. The summed E-state index contributed by atoms with van der Waals surface area (Å²) in [6.07, 6.45) is 0. The maximum absolute atomic E-state index is 11.2. The first kappa shape index (κ1) is 11.5. The van der Waals surface area contributed by atoms with Crippen molar-refractivity contribution in [2.24, 2.45) is 0 Å². The van der Waals surface area contributed by atoms with Gasteiger partial charge in [-0.1, -0.05) is 26.0 Å². The second-order valence-electron chi connectivity index (χ2n) is 4.99. The molecule has 0 amide bonds. The Labute approximate surface area is 98.3 Å². The summed E-state index contributed by atoms with van der Waals surface area (Å²) in [5.41, 5.74) is 1.70. The molecule has 0 atom stereocenters. The first-order chi connectivity index (χ1) is 7.80. The maximum Gasteiger partial charge on any atom is 0.354 e. The molecule has 0 saturated heterocycles. The standard InChI is InChI=1S/C11H14N4O2/c1-6-9-12-8(11(2,3)4)5-7(10(16)17)15(9)14-13-6/h5H,1-4H3,(H,16,17). The van der Waals surface area contributed by atoms with Crippen LogP contribution >= 0.6 is 0 Å². The average molecular weight is 234 g/mol. The number of hydrogen-bond acceptors (Lipinski definition) is 4. The van der Waals surface area contributed by atoms with Gasteiger partial charge in [-0.05, 0) is 13.0 Å². The minimum atomic E-state index is -1.03. The number of aryl methyl sites for hydroxylation is 1. The van der Waals surface area contributed by atoms with Gasteiger partial charge in [0.15, 0.2) is 11.3 Å². The van der Waals surface area contributed by atoms with Gasteiger partial charge in [0.2, 0.25) is 0 Å². The van der Waals surface area contributed by atoms with E-state index in [-0.39, 0.29) is 11.1 Å². The Morgan fingerprint density at radius 1 is 1.41 bits per heavy atom. The monoisotopic (exact) mass is 234 g/mol. The predicted octanol–water partition coefficient (Wildman–Crippen LogP) is 1.43. The highest BCUT2D eigenvalue weighted by atomic mass is 16.4. The molecule has 6 heteroatoms. The highest BCUT2D eigenvalue weighted by molar-refractivity contribution is 5.86. The van der Waals surface area contributed by atoms with Gasteiger partial charge in [-0.15, -0.1) is 5.10 Å².